The van der Waals surface area contributed by atoms with E-state index in [2.05, 4.69) is 16.3 Å². The first-order chi connectivity index (χ1) is 4.79. The lowest BCUT2D eigenvalue weighted by molar-refractivity contribution is 0.0849. The van der Waals surface area contributed by atoms with Crippen molar-refractivity contribution >= 4 is 6.03 Å². The van der Waals surface area contributed by atoms with Crippen LogP contribution in [0.1, 0.15) is 0 Å². The van der Waals surface area contributed by atoms with E-state index in [1.807, 2.05) is 6.08 Å². The number of nitrogens with two attached hydrogens (primary N) is 1. The summed E-state index contributed by atoms with van der Waals surface area (Å²) in [4.78, 5) is 10.2. The molecule has 0 bridgehead atoms. The fourth-order valence-corrected chi connectivity index (χ4v) is 0.558. The first-order valence-electron chi connectivity index (χ1n) is 2.80. The number of hydrogen-bond donors (Lipinski definition) is 4. The maximum absolute atomic E-state index is 10.2. The van der Waals surface area contributed by atoms with E-state index < -0.39 is 6.03 Å². The van der Waals surface area contributed by atoms with Gasteiger partial charge < -0.3 is 5.73 Å². The van der Waals surface area contributed by atoms with Crippen LogP contribution in [-0.2, 0) is 0 Å². The minimum Gasteiger partial charge on any atom is -0.350 e. The van der Waals surface area contributed by atoms with Crippen LogP contribution in [0.15, 0.2) is 12.3 Å². The molecule has 0 aromatic heterocycles. The predicted molar refractivity (Wildman–Crippen MR) is 34.8 cm³/mol. The van der Waals surface area contributed by atoms with Crippen LogP contribution < -0.4 is 22.0 Å². The standard InChI is InChI=1S/C4H9N5O/c5-4(10)8-9-6-2-1-3-7-9/h1-2,6-7H,3H2,(H3,5,8,10). The summed E-state index contributed by atoms with van der Waals surface area (Å²) in [5.74, 6) is 0. The van der Waals surface area contributed by atoms with Crippen LogP contribution in [-0.4, -0.2) is 17.8 Å². The molecule has 0 saturated carbocycles. The number of hydrogen-bond acceptors (Lipinski definition) is 4. The Kier molecular flexibility index (Phi) is 2.08. The Morgan fingerprint density at radius 1 is 1.80 bits per heavy atom. The lowest BCUT2D eigenvalue weighted by atomic mass is 10.6. The van der Waals surface area contributed by atoms with Crippen molar-refractivity contribution in [3.8, 4) is 0 Å². The maximum Gasteiger partial charge on any atom is 0.329 e. The Morgan fingerprint density at radius 2 is 2.60 bits per heavy atom. The molecule has 10 heavy (non-hydrogen) atoms. The molecule has 1 rings (SSSR count). The summed E-state index contributed by atoms with van der Waals surface area (Å²) in [6.07, 6.45) is 3.55. The summed E-state index contributed by atoms with van der Waals surface area (Å²) in [6, 6.07) is -0.615. The number of carbonyl (C=O) groups is 1. The van der Waals surface area contributed by atoms with Gasteiger partial charge in [0.2, 0.25) is 0 Å². The van der Waals surface area contributed by atoms with Gasteiger partial charge in [0, 0.05) is 12.7 Å². The molecular formula is C4H9N5O. The van der Waals surface area contributed by atoms with Gasteiger partial charge in [0.1, 0.15) is 0 Å². The summed E-state index contributed by atoms with van der Waals surface area (Å²) >= 11 is 0. The molecular weight excluding hydrogens is 134 g/mol. The molecule has 0 fully saturated rings. The van der Waals surface area contributed by atoms with Crippen LogP contribution in [0.2, 0.25) is 0 Å². The maximum atomic E-state index is 10.2. The van der Waals surface area contributed by atoms with Gasteiger partial charge in [0.15, 0.2) is 0 Å². The zero-order valence-corrected chi connectivity index (χ0v) is 5.29. The molecule has 6 heteroatoms. The Hall–Kier alpha value is -1.27. The molecule has 0 spiro atoms. The highest BCUT2D eigenvalue weighted by atomic mass is 16.2. The van der Waals surface area contributed by atoms with Crippen molar-refractivity contribution in [2.24, 2.45) is 5.73 Å². The van der Waals surface area contributed by atoms with Crippen molar-refractivity contribution in [1.29, 1.82) is 0 Å². The lowest BCUT2D eigenvalue weighted by Crippen LogP contribution is -2.59. The molecule has 0 aromatic carbocycles. The number of hydrazine groups is 3. The van der Waals surface area contributed by atoms with E-state index in [0.29, 0.717) is 6.54 Å². The van der Waals surface area contributed by atoms with Crippen LogP contribution >= 0.6 is 0 Å². The van der Waals surface area contributed by atoms with Gasteiger partial charge in [-0.15, -0.1) is 0 Å². The number of nitrogens with one attached hydrogen (secondary N) is 3. The van der Waals surface area contributed by atoms with Crippen LogP contribution in [0.3, 0.4) is 0 Å². The quantitative estimate of drug-likeness (QED) is 0.356. The fourth-order valence-electron chi connectivity index (χ4n) is 0.558. The summed E-state index contributed by atoms with van der Waals surface area (Å²) in [6.45, 7) is 0.660. The van der Waals surface area contributed by atoms with Crippen molar-refractivity contribution < 1.29 is 4.79 Å². The Bertz CT molecular complexity index is 156. The SMILES string of the molecule is NC(=O)NN1NC=CCN1. The van der Waals surface area contributed by atoms with Gasteiger partial charge in [-0.25, -0.2) is 15.6 Å². The van der Waals surface area contributed by atoms with Crippen LogP contribution in [0.5, 0.6) is 0 Å². The Morgan fingerprint density at radius 3 is 3.10 bits per heavy atom. The topological polar surface area (TPSA) is 82.4 Å². The zero-order valence-electron chi connectivity index (χ0n) is 5.29. The molecule has 1 aliphatic heterocycles. The number of amides is 2. The molecule has 6 nitrogen and oxygen atoms in total. The fraction of sp³-hybridized carbons (Fsp3) is 0.250. The third-order valence-electron chi connectivity index (χ3n) is 0.911. The summed E-state index contributed by atoms with van der Waals surface area (Å²) < 4.78 is 0. The van der Waals surface area contributed by atoms with E-state index in [0.717, 1.165) is 0 Å². The van der Waals surface area contributed by atoms with Gasteiger partial charge in [0.25, 0.3) is 0 Å². The second-order valence-electron chi connectivity index (χ2n) is 1.71. The molecule has 2 amide bonds. The summed E-state index contributed by atoms with van der Waals surface area (Å²) in [7, 11) is 0. The number of primary amides is 1. The third-order valence-corrected chi connectivity index (χ3v) is 0.911. The summed E-state index contributed by atoms with van der Waals surface area (Å²) in [5.41, 5.74) is 12.6. The minimum absolute atomic E-state index is 0.615. The van der Waals surface area contributed by atoms with E-state index >= 15 is 0 Å². The summed E-state index contributed by atoms with van der Waals surface area (Å²) in [5, 5.41) is 1.28. The molecule has 56 valence electrons. The van der Waals surface area contributed by atoms with Crippen LogP contribution in [0.25, 0.3) is 0 Å². The first-order valence-corrected chi connectivity index (χ1v) is 2.80. The van der Waals surface area contributed by atoms with E-state index in [1.165, 1.54) is 5.23 Å². The predicted octanol–water partition coefficient (Wildman–Crippen LogP) is -1.59. The molecule has 0 aliphatic carbocycles. The Labute approximate surface area is 58.0 Å². The highest BCUT2D eigenvalue weighted by molar-refractivity contribution is 5.70. The van der Waals surface area contributed by atoms with E-state index in [-0.39, 0.29) is 0 Å². The lowest BCUT2D eigenvalue weighted by Gasteiger charge is -2.24. The van der Waals surface area contributed by atoms with E-state index in [9.17, 15) is 4.79 Å². The Balaban J connectivity index is 2.28. The number of nitrogens with zero attached hydrogens (tertiary/aromatic N) is 1. The molecule has 0 saturated heterocycles. The zero-order chi connectivity index (χ0) is 7.40. The average molecular weight is 143 g/mol. The highest BCUT2D eigenvalue weighted by Crippen LogP contribution is 1.77. The largest absolute Gasteiger partial charge is 0.350 e. The molecule has 0 atom stereocenters. The first kappa shape index (κ1) is 6.84. The number of rotatable bonds is 1. The smallest absolute Gasteiger partial charge is 0.329 e. The van der Waals surface area contributed by atoms with Gasteiger partial charge in [0.05, 0.1) is 0 Å². The van der Waals surface area contributed by atoms with Crippen molar-refractivity contribution in [2.75, 3.05) is 6.54 Å². The van der Waals surface area contributed by atoms with Crippen LogP contribution in [0.4, 0.5) is 4.79 Å². The van der Waals surface area contributed by atoms with Crippen molar-refractivity contribution in [3.05, 3.63) is 12.3 Å². The second-order valence-corrected chi connectivity index (χ2v) is 1.71. The van der Waals surface area contributed by atoms with Crippen LogP contribution in [0, 0.1) is 0 Å². The van der Waals surface area contributed by atoms with E-state index in [4.69, 9.17) is 5.73 Å². The molecule has 0 unspecified atom stereocenters. The van der Waals surface area contributed by atoms with Gasteiger partial charge in [-0.2, -0.15) is 0 Å². The molecule has 5 N–H and O–H groups in total. The molecule has 0 aromatic rings. The normalized spacial score (nSPS) is 18.0. The molecule has 1 aliphatic rings. The molecule has 0 radical (unpaired) electrons. The molecule has 1 heterocycles. The van der Waals surface area contributed by atoms with Crippen molar-refractivity contribution in [3.63, 3.8) is 0 Å². The van der Waals surface area contributed by atoms with E-state index in [1.54, 1.807) is 6.20 Å². The van der Waals surface area contributed by atoms with Crippen molar-refractivity contribution in [1.82, 2.24) is 21.5 Å². The van der Waals surface area contributed by atoms with Gasteiger partial charge in [-0.3, -0.25) is 5.43 Å². The van der Waals surface area contributed by atoms with Gasteiger partial charge in [-0.1, -0.05) is 11.3 Å². The van der Waals surface area contributed by atoms with Gasteiger partial charge in [-0.05, 0) is 0 Å². The van der Waals surface area contributed by atoms with Crippen molar-refractivity contribution in [2.45, 2.75) is 0 Å². The number of urea groups is 1. The monoisotopic (exact) mass is 143 g/mol. The third kappa shape index (κ3) is 1.92. The second kappa shape index (κ2) is 3.04. The number of carbonyl (C=O) groups excluding carboxylic acids is 1. The highest BCUT2D eigenvalue weighted by Gasteiger charge is 2.03. The van der Waals surface area contributed by atoms with Gasteiger partial charge >= 0.3 is 6.03 Å². The minimum atomic E-state index is -0.615. The average Bonchev–Trinajstić information content (AvgIpc) is 1.88.